The summed E-state index contributed by atoms with van der Waals surface area (Å²) in [5, 5.41) is 10.5. The number of aliphatic hydroxyl groups is 1. The van der Waals surface area contributed by atoms with Crippen LogP contribution in [0.5, 0.6) is 5.75 Å². The van der Waals surface area contributed by atoms with Crippen LogP contribution < -0.4 is 4.74 Å². The molecule has 0 heterocycles. The third kappa shape index (κ3) is 3.77. The maximum absolute atomic E-state index is 11.2. The zero-order valence-electron chi connectivity index (χ0n) is 9.37. The zero-order valence-corrected chi connectivity index (χ0v) is 10.9. The van der Waals surface area contributed by atoms with E-state index in [2.05, 4.69) is 4.74 Å². The molecular formula is C11H12Cl2O4. The minimum atomic E-state index is -1.74. The summed E-state index contributed by atoms with van der Waals surface area (Å²) in [6.07, 6.45) is 0. The molecule has 0 saturated carbocycles. The Morgan fingerprint density at radius 2 is 2.12 bits per heavy atom. The van der Waals surface area contributed by atoms with Gasteiger partial charge >= 0.3 is 5.97 Å². The highest BCUT2D eigenvalue weighted by molar-refractivity contribution is 6.34. The predicted octanol–water partition coefficient (Wildman–Crippen LogP) is 2.30. The van der Waals surface area contributed by atoms with Gasteiger partial charge in [0, 0.05) is 11.1 Å². The van der Waals surface area contributed by atoms with Gasteiger partial charge in [-0.2, -0.15) is 0 Å². The highest BCUT2D eigenvalue weighted by atomic mass is 35.5. The molecule has 17 heavy (non-hydrogen) atoms. The number of methoxy groups -OCH3 is 1. The van der Waals surface area contributed by atoms with Crippen molar-refractivity contribution in [3.63, 3.8) is 0 Å². The Morgan fingerprint density at radius 1 is 1.47 bits per heavy atom. The molecule has 1 atom stereocenters. The molecule has 1 aromatic carbocycles. The lowest BCUT2D eigenvalue weighted by Crippen LogP contribution is -2.42. The first-order chi connectivity index (χ1) is 7.86. The van der Waals surface area contributed by atoms with Crippen LogP contribution in [0.2, 0.25) is 10.0 Å². The minimum Gasteiger partial charge on any atom is -0.488 e. The molecule has 94 valence electrons. The second-order valence-corrected chi connectivity index (χ2v) is 4.47. The van der Waals surface area contributed by atoms with Crippen LogP contribution >= 0.6 is 23.2 Å². The number of benzene rings is 1. The summed E-state index contributed by atoms with van der Waals surface area (Å²) < 4.78 is 9.67. The molecule has 0 fully saturated rings. The van der Waals surface area contributed by atoms with Crippen molar-refractivity contribution in [3.05, 3.63) is 28.2 Å². The van der Waals surface area contributed by atoms with E-state index >= 15 is 0 Å². The molecule has 0 aliphatic heterocycles. The molecule has 6 heteroatoms. The van der Waals surface area contributed by atoms with Crippen LogP contribution in [0.1, 0.15) is 6.92 Å². The van der Waals surface area contributed by atoms with Crippen molar-refractivity contribution < 1.29 is 19.4 Å². The van der Waals surface area contributed by atoms with E-state index in [0.29, 0.717) is 15.8 Å². The SMILES string of the molecule is COC(=O)C(C)(O)COc1cc(Cl)ccc1Cl. The Hall–Kier alpha value is -0.970. The van der Waals surface area contributed by atoms with E-state index in [0.717, 1.165) is 0 Å². The van der Waals surface area contributed by atoms with Gasteiger partial charge in [0.1, 0.15) is 12.4 Å². The van der Waals surface area contributed by atoms with E-state index in [1.165, 1.54) is 20.1 Å². The van der Waals surface area contributed by atoms with E-state index < -0.39 is 11.6 Å². The number of carbonyl (C=O) groups excluding carboxylic acids is 1. The lowest BCUT2D eigenvalue weighted by atomic mass is 10.1. The summed E-state index contributed by atoms with van der Waals surface area (Å²) in [6, 6.07) is 4.67. The Labute approximate surface area is 109 Å². The summed E-state index contributed by atoms with van der Waals surface area (Å²) in [4.78, 5) is 11.2. The number of hydrogen-bond donors (Lipinski definition) is 1. The Kier molecular flexibility index (Phi) is 4.62. The maximum atomic E-state index is 11.2. The first kappa shape index (κ1) is 14.1. The molecule has 4 nitrogen and oxygen atoms in total. The van der Waals surface area contributed by atoms with Gasteiger partial charge in [0.15, 0.2) is 5.60 Å². The molecule has 1 unspecified atom stereocenters. The van der Waals surface area contributed by atoms with Crippen molar-refractivity contribution in [3.8, 4) is 5.75 Å². The van der Waals surface area contributed by atoms with E-state index in [1.54, 1.807) is 12.1 Å². The zero-order chi connectivity index (χ0) is 13.1. The van der Waals surface area contributed by atoms with E-state index in [-0.39, 0.29) is 6.61 Å². The fourth-order valence-electron chi connectivity index (χ4n) is 1.08. The van der Waals surface area contributed by atoms with Gasteiger partial charge in [0.2, 0.25) is 0 Å². The van der Waals surface area contributed by atoms with Crippen LogP contribution in [0.25, 0.3) is 0 Å². The molecule has 1 aromatic rings. The molecular weight excluding hydrogens is 267 g/mol. The fourth-order valence-corrected chi connectivity index (χ4v) is 1.42. The van der Waals surface area contributed by atoms with Crippen LogP contribution in [0, 0.1) is 0 Å². The quantitative estimate of drug-likeness (QED) is 0.859. The molecule has 0 aromatic heterocycles. The molecule has 0 saturated heterocycles. The van der Waals surface area contributed by atoms with Crippen molar-refractivity contribution in [1.29, 1.82) is 0 Å². The van der Waals surface area contributed by atoms with E-state index in [1.807, 2.05) is 0 Å². The van der Waals surface area contributed by atoms with Gasteiger partial charge in [-0.3, -0.25) is 0 Å². The average Bonchev–Trinajstić information content (AvgIpc) is 2.29. The monoisotopic (exact) mass is 278 g/mol. The Morgan fingerprint density at radius 3 is 2.71 bits per heavy atom. The summed E-state index contributed by atoms with van der Waals surface area (Å²) in [5.74, 6) is -0.487. The van der Waals surface area contributed by atoms with Gasteiger partial charge < -0.3 is 14.6 Å². The number of rotatable bonds is 4. The number of esters is 1. The third-order valence-electron chi connectivity index (χ3n) is 2.03. The molecule has 0 aliphatic rings. The molecule has 0 radical (unpaired) electrons. The molecule has 0 amide bonds. The average molecular weight is 279 g/mol. The van der Waals surface area contributed by atoms with Crippen LogP contribution in [-0.2, 0) is 9.53 Å². The highest BCUT2D eigenvalue weighted by Crippen LogP contribution is 2.28. The number of ether oxygens (including phenoxy) is 2. The normalized spacial score (nSPS) is 13.9. The van der Waals surface area contributed by atoms with Gasteiger partial charge in [-0.1, -0.05) is 23.2 Å². The van der Waals surface area contributed by atoms with Gasteiger partial charge in [0.05, 0.1) is 12.1 Å². The van der Waals surface area contributed by atoms with Gasteiger partial charge in [0.25, 0.3) is 0 Å². The largest absolute Gasteiger partial charge is 0.488 e. The van der Waals surface area contributed by atoms with E-state index in [9.17, 15) is 9.90 Å². The lowest BCUT2D eigenvalue weighted by molar-refractivity contribution is -0.163. The summed E-state index contributed by atoms with van der Waals surface area (Å²) in [7, 11) is 1.18. The van der Waals surface area contributed by atoms with Crippen molar-refractivity contribution in [2.75, 3.05) is 13.7 Å². The van der Waals surface area contributed by atoms with Crippen LogP contribution in [0.15, 0.2) is 18.2 Å². The maximum Gasteiger partial charge on any atom is 0.341 e. The van der Waals surface area contributed by atoms with Crippen molar-refractivity contribution in [1.82, 2.24) is 0 Å². The predicted molar refractivity (Wildman–Crippen MR) is 64.6 cm³/mol. The topological polar surface area (TPSA) is 55.8 Å². The van der Waals surface area contributed by atoms with Crippen LogP contribution in [0.4, 0.5) is 0 Å². The third-order valence-corrected chi connectivity index (χ3v) is 2.57. The number of halogens is 2. The molecule has 0 aliphatic carbocycles. The second kappa shape index (κ2) is 5.58. The van der Waals surface area contributed by atoms with Gasteiger partial charge in [-0.05, 0) is 19.1 Å². The summed E-state index contributed by atoms with van der Waals surface area (Å²) in [5.41, 5.74) is -1.74. The summed E-state index contributed by atoms with van der Waals surface area (Å²) in [6.45, 7) is 1.01. The Balaban J connectivity index is 2.73. The smallest absolute Gasteiger partial charge is 0.341 e. The van der Waals surface area contributed by atoms with Crippen LogP contribution in [-0.4, -0.2) is 30.4 Å². The molecule has 0 spiro atoms. The number of carbonyl (C=O) groups is 1. The Bertz CT molecular complexity index is 418. The first-order valence-corrected chi connectivity index (χ1v) is 5.51. The molecule has 1 N–H and O–H groups in total. The standard InChI is InChI=1S/C11H12Cl2O4/c1-11(15,10(14)16-2)6-17-9-5-7(12)3-4-8(9)13/h3-5,15H,6H2,1-2H3. The molecule has 1 rings (SSSR count). The summed E-state index contributed by atoms with van der Waals surface area (Å²) >= 11 is 11.6. The number of hydrogen-bond acceptors (Lipinski definition) is 4. The van der Waals surface area contributed by atoms with Crippen molar-refractivity contribution in [2.45, 2.75) is 12.5 Å². The fraction of sp³-hybridized carbons (Fsp3) is 0.364. The van der Waals surface area contributed by atoms with Crippen molar-refractivity contribution >= 4 is 29.2 Å². The first-order valence-electron chi connectivity index (χ1n) is 4.75. The van der Waals surface area contributed by atoms with Crippen molar-refractivity contribution in [2.24, 2.45) is 0 Å². The van der Waals surface area contributed by atoms with Gasteiger partial charge in [-0.15, -0.1) is 0 Å². The van der Waals surface area contributed by atoms with Crippen LogP contribution in [0.3, 0.4) is 0 Å². The van der Waals surface area contributed by atoms with Gasteiger partial charge in [-0.25, -0.2) is 4.79 Å². The lowest BCUT2D eigenvalue weighted by Gasteiger charge is -2.20. The minimum absolute atomic E-state index is 0.278. The molecule has 0 bridgehead atoms. The van der Waals surface area contributed by atoms with E-state index in [4.69, 9.17) is 27.9 Å². The highest BCUT2D eigenvalue weighted by Gasteiger charge is 2.32. The second-order valence-electron chi connectivity index (χ2n) is 3.63.